The van der Waals surface area contributed by atoms with E-state index in [4.69, 9.17) is 5.73 Å². The molecular formula is C12H25N3O. The molecule has 0 aromatic carbocycles. The molecule has 0 aromatic rings. The predicted molar refractivity (Wildman–Crippen MR) is 66.1 cm³/mol. The van der Waals surface area contributed by atoms with Crippen LogP contribution < -0.4 is 5.73 Å². The second-order valence-corrected chi connectivity index (χ2v) is 4.63. The van der Waals surface area contributed by atoms with Gasteiger partial charge >= 0.3 is 0 Å². The third-order valence-electron chi connectivity index (χ3n) is 3.47. The van der Waals surface area contributed by atoms with E-state index in [1.807, 2.05) is 4.90 Å². The fourth-order valence-corrected chi connectivity index (χ4v) is 2.36. The van der Waals surface area contributed by atoms with Crippen molar-refractivity contribution in [2.45, 2.75) is 26.7 Å². The van der Waals surface area contributed by atoms with Crippen LogP contribution >= 0.6 is 0 Å². The molecule has 94 valence electrons. The first-order valence-electron chi connectivity index (χ1n) is 6.35. The molecule has 0 radical (unpaired) electrons. The van der Waals surface area contributed by atoms with Crippen LogP contribution in [-0.2, 0) is 4.79 Å². The van der Waals surface area contributed by atoms with E-state index in [1.165, 1.54) is 0 Å². The summed E-state index contributed by atoms with van der Waals surface area (Å²) in [5, 5.41) is 0. The van der Waals surface area contributed by atoms with Crippen LogP contribution in [-0.4, -0.2) is 55.0 Å². The number of carbonyl (C=O) groups is 1. The number of likely N-dealkylation sites (tertiary alicyclic amines) is 1. The molecule has 0 saturated carbocycles. The summed E-state index contributed by atoms with van der Waals surface area (Å²) >= 11 is 0. The van der Waals surface area contributed by atoms with Gasteiger partial charge in [-0.05, 0) is 25.3 Å². The largest absolute Gasteiger partial charge is 0.343 e. The smallest absolute Gasteiger partial charge is 0.219 e. The summed E-state index contributed by atoms with van der Waals surface area (Å²) < 4.78 is 0. The number of piperidine rings is 1. The van der Waals surface area contributed by atoms with Gasteiger partial charge in [0.2, 0.25) is 5.91 Å². The molecule has 16 heavy (non-hydrogen) atoms. The maximum Gasteiger partial charge on any atom is 0.219 e. The van der Waals surface area contributed by atoms with Crippen LogP contribution in [0.4, 0.5) is 0 Å². The fourth-order valence-electron chi connectivity index (χ4n) is 2.36. The molecular weight excluding hydrogens is 202 g/mol. The maximum absolute atomic E-state index is 11.2. The van der Waals surface area contributed by atoms with Crippen molar-refractivity contribution in [2.75, 3.05) is 39.3 Å². The molecule has 1 fully saturated rings. The van der Waals surface area contributed by atoms with E-state index < -0.39 is 0 Å². The highest BCUT2D eigenvalue weighted by atomic mass is 16.2. The van der Waals surface area contributed by atoms with Crippen LogP contribution in [0.5, 0.6) is 0 Å². The van der Waals surface area contributed by atoms with Gasteiger partial charge < -0.3 is 15.5 Å². The third-order valence-corrected chi connectivity index (χ3v) is 3.47. The van der Waals surface area contributed by atoms with Crippen LogP contribution in [0.3, 0.4) is 0 Å². The lowest BCUT2D eigenvalue weighted by atomic mass is 9.96. The van der Waals surface area contributed by atoms with E-state index in [-0.39, 0.29) is 5.91 Å². The summed E-state index contributed by atoms with van der Waals surface area (Å²) in [6.07, 6.45) is 2.28. The van der Waals surface area contributed by atoms with Gasteiger partial charge in [-0.1, -0.05) is 6.92 Å². The Kier molecular flexibility index (Phi) is 5.77. The highest BCUT2D eigenvalue weighted by Crippen LogP contribution is 2.18. The molecule has 0 aromatic heterocycles. The Labute approximate surface area is 98.8 Å². The standard InChI is InChI=1S/C12H25N3O/c1-3-14(9-6-13)10-12-4-7-15(8-5-12)11(2)16/h12H,3-10,13H2,1-2H3. The van der Waals surface area contributed by atoms with Crippen molar-refractivity contribution in [2.24, 2.45) is 11.7 Å². The van der Waals surface area contributed by atoms with Gasteiger partial charge in [0.05, 0.1) is 0 Å². The van der Waals surface area contributed by atoms with Gasteiger partial charge in [-0.15, -0.1) is 0 Å². The molecule has 4 nitrogen and oxygen atoms in total. The minimum atomic E-state index is 0.216. The molecule has 0 unspecified atom stereocenters. The van der Waals surface area contributed by atoms with E-state index >= 15 is 0 Å². The first-order valence-corrected chi connectivity index (χ1v) is 6.35. The van der Waals surface area contributed by atoms with Gasteiger partial charge in [-0.25, -0.2) is 0 Å². The summed E-state index contributed by atoms with van der Waals surface area (Å²) in [5.41, 5.74) is 5.58. The van der Waals surface area contributed by atoms with E-state index in [0.717, 1.165) is 58.0 Å². The summed E-state index contributed by atoms with van der Waals surface area (Å²) in [6.45, 7) is 9.64. The molecule has 1 aliphatic heterocycles. The molecule has 1 amide bonds. The average Bonchev–Trinajstić information content (AvgIpc) is 2.29. The summed E-state index contributed by atoms with van der Waals surface area (Å²) in [6, 6.07) is 0. The zero-order chi connectivity index (χ0) is 12.0. The van der Waals surface area contributed by atoms with Gasteiger partial charge in [-0.2, -0.15) is 0 Å². The van der Waals surface area contributed by atoms with Crippen molar-refractivity contribution in [3.63, 3.8) is 0 Å². The van der Waals surface area contributed by atoms with Gasteiger partial charge in [0, 0.05) is 39.6 Å². The van der Waals surface area contributed by atoms with Crippen LogP contribution in [0.1, 0.15) is 26.7 Å². The highest BCUT2D eigenvalue weighted by molar-refractivity contribution is 5.73. The topological polar surface area (TPSA) is 49.6 Å². The SMILES string of the molecule is CCN(CCN)CC1CCN(C(C)=O)CC1. The lowest BCUT2D eigenvalue weighted by Gasteiger charge is -2.34. The van der Waals surface area contributed by atoms with Crippen molar-refractivity contribution in [1.29, 1.82) is 0 Å². The van der Waals surface area contributed by atoms with Gasteiger partial charge in [0.15, 0.2) is 0 Å². The average molecular weight is 227 g/mol. The Morgan fingerprint density at radius 1 is 1.44 bits per heavy atom. The quantitative estimate of drug-likeness (QED) is 0.745. The monoisotopic (exact) mass is 227 g/mol. The molecule has 0 spiro atoms. The first kappa shape index (κ1) is 13.5. The number of amides is 1. The van der Waals surface area contributed by atoms with Gasteiger partial charge in [0.1, 0.15) is 0 Å². The number of likely N-dealkylation sites (N-methyl/N-ethyl adjacent to an activating group) is 1. The predicted octanol–water partition coefficient (Wildman–Crippen LogP) is 0.526. The first-order chi connectivity index (χ1) is 7.67. The normalized spacial score (nSPS) is 18.1. The van der Waals surface area contributed by atoms with Crippen LogP contribution in [0, 0.1) is 5.92 Å². The number of nitrogens with zero attached hydrogens (tertiary/aromatic N) is 2. The van der Waals surface area contributed by atoms with Crippen molar-refractivity contribution < 1.29 is 4.79 Å². The summed E-state index contributed by atoms with van der Waals surface area (Å²) in [7, 11) is 0. The number of rotatable bonds is 5. The molecule has 0 atom stereocenters. The fraction of sp³-hybridized carbons (Fsp3) is 0.917. The summed E-state index contributed by atoms with van der Waals surface area (Å²) in [5.74, 6) is 0.954. The Hall–Kier alpha value is -0.610. The van der Waals surface area contributed by atoms with Crippen molar-refractivity contribution >= 4 is 5.91 Å². The molecule has 1 aliphatic rings. The lowest BCUT2D eigenvalue weighted by Crippen LogP contribution is -2.41. The van der Waals surface area contributed by atoms with E-state index in [9.17, 15) is 4.79 Å². The van der Waals surface area contributed by atoms with E-state index in [1.54, 1.807) is 6.92 Å². The van der Waals surface area contributed by atoms with Crippen molar-refractivity contribution in [1.82, 2.24) is 9.80 Å². The zero-order valence-corrected chi connectivity index (χ0v) is 10.6. The number of carbonyl (C=O) groups excluding carboxylic acids is 1. The minimum absolute atomic E-state index is 0.216. The zero-order valence-electron chi connectivity index (χ0n) is 10.6. The third kappa shape index (κ3) is 4.10. The minimum Gasteiger partial charge on any atom is -0.343 e. The van der Waals surface area contributed by atoms with Gasteiger partial charge in [-0.3, -0.25) is 4.79 Å². The summed E-state index contributed by atoms with van der Waals surface area (Å²) in [4.78, 5) is 15.6. The number of hydrogen-bond donors (Lipinski definition) is 1. The lowest BCUT2D eigenvalue weighted by molar-refractivity contribution is -0.130. The van der Waals surface area contributed by atoms with Gasteiger partial charge in [0.25, 0.3) is 0 Å². The second kappa shape index (κ2) is 6.86. The highest BCUT2D eigenvalue weighted by Gasteiger charge is 2.21. The van der Waals surface area contributed by atoms with Crippen molar-refractivity contribution in [3.05, 3.63) is 0 Å². The molecule has 2 N–H and O–H groups in total. The number of nitrogens with two attached hydrogens (primary N) is 1. The van der Waals surface area contributed by atoms with E-state index in [2.05, 4.69) is 11.8 Å². The molecule has 0 bridgehead atoms. The Bertz CT molecular complexity index is 212. The molecule has 0 aliphatic carbocycles. The van der Waals surface area contributed by atoms with Crippen molar-refractivity contribution in [3.8, 4) is 0 Å². The Morgan fingerprint density at radius 3 is 2.50 bits per heavy atom. The molecule has 1 heterocycles. The maximum atomic E-state index is 11.2. The van der Waals surface area contributed by atoms with Crippen LogP contribution in [0.15, 0.2) is 0 Å². The van der Waals surface area contributed by atoms with Crippen LogP contribution in [0.25, 0.3) is 0 Å². The molecule has 1 rings (SSSR count). The van der Waals surface area contributed by atoms with Crippen LogP contribution in [0.2, 0.25) is 0 Å². The number of hydrogen-bond acceptors (Lipinski definition) is 3. The Balaban J connectivity index is 2.28. The Morgan fingerprint density at radius 2 is 2.06 bits per heavy atom. The molecule has 1 saturated heterocycles. The second-order valence-electron chi connectivity index (χ2n) is 4.63. The van der Waals surface area contributed by atoms with E-state index in [0.29, 0.717) is 0 Å². The molecule has 4 heteroatoms.